The maximum atomic E-state index is 12.6. The standard InChI is InChI=1S/C32H39NO10S/c1-21-6-8-23(9-7-21)44(37,38)43-15-13-41-11-10-40-12-14-42-29-16-22-17-30(32(2,3)4)33-20-25(31(35)36)27(34)19-26(33)24(22)18-28(29)39-5/h6-9,16,18-20,30H,10-15,17H2,1-5H3,(H,35,36). The molecule has 238 valence electrons. The number of aryl methyl sites for hydroxylation is 1. The Labute approximate surface area is 257 Å². The Morgan fingerprint density at radius 1 is 0.955 bits per heavy atom. The fourth-order valence-electron chi connectivity index (χ4n) is 5.00. The summed E-state index contributed by atoms with van der Waals surface area (Å²) in [5, 5.41) is 9.53. The van der Waals surface area contributed by atoms with Gasteiger partial charge in [-0.3, -0.25) is 8.98 Å². The van der Waals surface area contributed by atoms with Gasteiger partial charge < -0.3 is 28.6 Å². The van der Waals surface area contributed by atoms with Crippen LogP contribution in [0.5, 0.6) is 11.5 Å². The molecule has 0 aliphatic carbocycles. The highest BCUT2D eigenvalue weighted by Gasteiger charge is 2.34. The van der Waals surface area contributed by atoms with E-state index in [1.54, 1.807) is 12.1 Å². The van der Waals surface area contributed by atoms with Crippen molar-refractivity contribution in [3.63, 3.8) is 0 Å². The lowest BCUT2D eigenvalue weighted by Crippen LogP contribution is -2.32. The smallest absolute Gasteiger partial charge is 0.341 e. The molecule has 0 amide bonds. The van der Waals surface area contributed by atoms with Crippen LogP contribution in [0.25, 0.3) is 11.3 Å². The van der Waals surface area contributed by atoms with Crippen molar-refractivity contribution in [2.45, 2.75) is 45.1 Å². The second-order valence-electron chi connectivity index (χ2n) is 11.6. The van der Waals surface area contributed by atoms with Gasteiger partial charge in [0.25, 0.3) is 10.1 Å². The van der Waals surface area contributed by atoms with Gasteiger partial charge >= 0.3 is 5.97 Å². The van der Waals surface area contributed by atoms with Crippen LogP contribution in [0, 0.1) is 12.3 Å². The molecule has 0 saturated carbocycles. The Kier molecular flexibility index (Phi) is 10.5. The molecule has 1 N–H and O–H groups in total. The molecule has 4 rings (SSSR count). The normalized spacial score (nSPS) is 14.5. The zero-order valence-corrected chi connectivity index (χ0v) is 26.4. The Hall–Kier alpha value is -3.71. The zero-order valence-electron chi connectivity index (χ0n) is 25.6. The molecule has 2 aromatic carbocycles. The maximum Gasteiger partial charge on any atom is 0.341 e. The average Bonchev–Trinajstić information content (AvgIpc) is 2.96. The summed E-state index contributed by atoms with van der Waals surface area (Å²) in [4.78, 5) is 24.4. The number of carboxylic acids is 1. The molecular formula is C32H39NO10S. The van der Waals surface area contributed by atoms with Crippen LogP contribution in [0.15, 0.2) is 58.4 Å². The van der Waals surface area contributed by atoms with Gasteiger partial charge in [0.05, 0.1) is 50.7 Å². The number of carboxylic acid groups (broad SMARTS) is 1. The SMILES string of the molecule is COc1cc2c(cc1OCCOCCOCCOS(=O)(=O)c1ccc(C)cc1)CC(C(C)(C)C)n1cc(C(=O)O)c(=O)cc1-2. The summed E-state index contributed by atoms with van der Waals surface area (Å²) in [6.45, 7) is 9.16. The monoisotopic (exact) mass is 629 g/mol. The van der Waals surface area contributed by atoms with Gasteiger partial charge in [0.2, 0.25) is 0 Å². The van der Waals surface area contributed by atoms with Gasteiger partial charge in [-0.1, -0.05) is 38.5 Å². The first-order valence-electron chi connectivity index (χ1n) is 14.3. The summed E-state index contributed by atoms with van der Waals surface area (Å²) in [7, 11) is -2.30. The minimum Gasteiger partial charge on any atom is -0.493 e. The van der Waals surface area contributed by atoms with Crippen molar-refractivity contribution < 1.29 is 41.4 Å². The van der Waals surface area contributed by atoms with E-state index in [2.05, 4.69) is 20.8 Å². The van der Waals surface area contributed by atoms with Crippen LogP contribution >= 0.6 is 0 Å². The molecule has 3 aromatic rings. The molecule has 0 saturated heterocycles. The summed E-state index contributed by atoms with van der Waals surface area (Å²) in [6, 6.07) is 11.4. The largest absolute Gasteiger partial charge is 0.493 e. The molecule has 11 nitrogen and oxygen atoms in total. The maximum absolute atomic E-state index is 12.6. The van der Waals surface area contributed by atoms with Crippen LogP contribution in [-0.2, 0) is 30.2 Å². The highest BCUT2D eigenvalue weighted by atomic mass is 32.2. The zero-order chi connectivity index (χ0) is 32.1. The average molecular weight is 630 g/mol. The lowest BCUT2D eigenvalue weighted by Gasteiger charge is -2.39. The molecule has 1 atom stereocenters. The predicted molar refractivity (Wildman–Crippen MR) is 163 cm³/mol. The summed E-state index contributed by atoms with van der Waals surface area (Å²) in [5.41, 5.74) is 2.30. The number of carbonyl (C=O) groups is 1. The minimum absolute atomic E-state index is 0.0959. The second-order valence-corrected chi connectivity index (χ2v) is 13.2. The van der Waals surface area contributed by atoms with E-state index < -0.39 is 21.5 Å². The van der Waals surface area contributed by atoms with Crippen molar-refractivity contribution in [3.05, 3.63) is 75.6 Å². The van der Waals surface area contributed by atoms with Crippen molar-refractivity contribution in [1.29, 1.82) is 0 Å². The van der Waals surface area contributed by atoms with Crippen molar-refractivity contribution >= 4 is 16.1 Å². The number of hydrogen-bond acceptors (Lipinski definition) is 9. The van der Waals surface area contributed by atoms with Gasteiger partial charge in [-0.05, 0) is 48.6 Å². The molecule has 44 heavy (non-hydrogen) atoms. The molecule has 1 aliphatic rings. The molecule has 0 bridgehead atoms. The highest BCUT2D eigenvalue weighted by molar-refractivity contribution is 7.86. The highest BCUT2D eigenvalue weighted by Crippen LogP contribution is 2.45. The second kappa shape index (κ2) is 13.9. The van der Waals surface area contributed by atoms with Gasteiger partial charge in [0.1, 0.15) is 12.2 Å². The van der Waals surface area contributed by atoms with E-state index in [-0.39, 0.29) is 61.6 Å². The van der Waals surface area contributed by atoms with E-state index in [1.165, 1.54) is 31.5 Å². The molecular weight excluding hydrogens is 590 g/mol. The van der Waals surface area contributed by atoms with Crippen molar-refractivity contribution in [2.75, 3.05) is 46.8 Å². The van der Waals surface area contributed by atoms with Crippen molar-refractivity contribution in [3.8, 4) is 22.8 Å². The predicted octanol–water partition coefficient (Wildman–Crippen LogP) is 4.49. The van der Waals surface area contributed by atoms with Gasteiger partial charge in [-0.25, -0.2) is 4.79 Å². The number of pyridine rings is 1. The number of fused-ring (bicyclic) bond motifs is 3. The number of benzene rings is 2. The van der Waals surface area contributed by atoms with Crippen LogP contribution in [0.2, 0.25) is 0 Å². The lowest BCUT2D eigenvalue weighted by molar-refractivity contribution is 0.0277. The Balaban J connectivity index is 1.29. The first-order valence-corrected chi connectivity index (χ1v) is 15.7. The molecule has 1 aromatic heterocycles. The van der Waals surface area contributed by atoms with Gasteiger partial charge in [0.15, 0.2) is 16.9 Å². The third kappa shape index (κ3) is 7.86. The minimum atomic E-state index is -3.83. The summed E-state index contributed by atoms with van der Waals surface area (Å²) < 4.78 is 53.9. The van der Waals surface area contributed by atoms with Crippen LogP contribution < -0.4 is 14.9 Å². The number of aromatic nitrogens is 1. The Morgan fingerprint density at radius 2 is 1.59 bits per heavy atom. The topological polar surface area (TPSA) is 140 Å². The lowest BCUT2D eigenvalue weighted by atomic mass is 9.78. The van der Waals surface area contributed by atoms with Crippen molar-refractivity contribution in [2.24, 2.45) is 5.41 Å². The summed E-state index contributed by atoms with van der Waals surface area (Å²) in [6.07, 6.45) is 2.05. The number of rotatable bonds is 14. The van der Waals surface area contributed by atoms with Gasteiger partial charge in [-0.2, -0.15) is 8.42 Å². The van der Waals surface area contributed by atoms with E-state index in [1.807, 2.05) is 23.6 Å². The number of ether oxygens (including phenoxy) is 4. The molecule has 0 fully saturated rings. The van der Waals surface area contributed by atoms with Crippen LogP contribution in [0.3, 0.4) is 0 Å². The van der Waals surface area contributed by atoms with E-state index in [0.717, 1.165) is 16.7 Å². The van der Waals surface area contributed by atoms with E-state index in [9.17, 15) is 23.1 Å². The van der Waals surface area contributed by atoms with Crippen molar-refractivity contribution in [1.82, 2.24) is 4.57 Å². The van der Waals surface area contributed by atoms with Crippen LogP contribution in [0.4, 0.5) is 0 Å². The third-order valence-electron chi connectivity index (χ3n) is 7.36. The quantitative estimate of drug-likeness (QED) is 0.200. The first-order chi connectivity index (χ1) is 20.8. The summed E-state index contributed by atoms with van der Waals surface area (Å²) >= 11 is 0. The van der Waals surface area contributed by atoms with E-state index in [4.69, 9.17) is 23.1 Å². The van der Waals surface area contributed by atoms with Crippen LogP contribution in [-0.4, -0.2) is 70.8 Å². The Bertz CT molecular complexity index is 1640. The molecule has 0 radical (unpaired) electrons. The molecule has 0 spiro atoms. The van der Waals surface area contributed by atoms with Gasteiger partial charge in [-0.15, -0.1) is 0 Å². The number of aromatic carboxylic acids is 1. The number of methoxy groups -OCH3 is 1. The van der Waals surface area contributed by atoms with E-state index >= 15 is 0 Å². The molecule has 2 heterocycles. The Morgan fingerprint density at radius 3 is 2.20 bits per heavy atom. The van der Waals surface area contributed by atoms with E-state index in [0.29, 0.717) is 23.6 Å². The summed E-state index contributed by atoms with van der Waals surface area (Å²) in [5.74, 6) is -0.246. The number of nitrogens with zero attached hydrogens (tertiary/aromatic N) is 1. The molecule has 1 aliphatic heterocycles. The molecule has 1 unspecified atom stereocenters. The van der Waals surface area contributed by atoms with Crippen LogP contribution in [0.1, 0.15) is 48.3 Å². The fraction of sp³-hybridized carbons (Fsp3) is 0.438. The first kappa shape index (κ1) is 33.2. The van der Waals surface area contributed by atoms with Gasteiger partial charge in [0, 0.05) is 23.9 Å². The molecule has 12 heteroatoms. The fourth-order valence-corrected chi connectivity index (χ4v) is 5.90. The number of hydrogen-bond donors (Lipinski definition) is 1. The third-order valence-corrected chi connectivity index (χ3v) is 8.68.